The normalized spacial score (nSPS) is 12.8. The number of nitrogens with one attached hydrogen (secondary N) is 1. The molecule has 3 nitrogen and oxygen atoms in total. The van der Waals surface area contributed by atoms with E-state index < -0.39 is 6.10 Å². The highest BCUT2D eigenvalue weighted by Gasteiger charge is 2.05. The molecule has 0 amide bonds. The van der Waals surface area contributed by atoms with Gasteiger partial charge in [-0.25, -0.2) is 4.39 Å². The van der Waals surface area contributed by atoms with Crippen molar-refractivity contribution in [3.05, 3.63) is 34.6 Å². The summed E-state index contributed by atoms with van der Waals surface area (Å²) in [6, 6.07) is 3.63. The minimum Gasteiger partial charge on any atom is -0.389 e. The molecule has 0 aromatic heterocycles. The molecule has 0 heterocycles. The number of halogens is 1. The minimum atomic E-state index is -0.511. The number of rotatable bonds is 6. The van der Waals surface area contributed by atoms with Crippen LogP contribution in [0.1, 0.15) is 16.7 Å². The van der Waals surface area contributed by atoms with Crippen LogP contribution in [-0.4, -0.2) is 31.5 Å². The molecule has 1 rings (SSSR count). The van der Waals surface area contributed by atoms with E-state index >= 15 is 0 Å². The Morgan fingerprint density at radius 2 is 1.94 bits per heavy atom. The molecule has 1 aromatic carbocycles. The standard InChI is InChI=1S/C13H20FNO2/c1-9-4-11(5-10(2)13(9)14)6-15-7-12(16)8-17-3/h4-5,12,15-16H,6-8H2,1-3H3. The van der Waals surface area contributed by atoms with Gasteiger partial charge in [0, 0.05) is 20.2 Å². The van der Waals surface area contributed by atoms with Crippen LogP contribution in [0.4, 0.5) is 4.39 Å². The second kappa shape index (κ2) is 6.69. The highest BCUT2D eigenvalue weighted by Crippen LogP contribution is 2.14. The predicted molar refractivity (Wildman–Crippen MR) is 65.5 cm³/mol. The van der Waals surface area contributed by atoms with Crippen LogP contribution in [0.3, 0.4) is 0 Å². The summed E-state index contributed by atoms with van der Waals surface area (Å²) < 4.78 is 18.2. The summed E-state index contributed by atoms with van der Waals surface area (Å²) in [5, 5.41) is 12.5. The van der Waals surface area contributed by atoms with E-state index in [4.69, 9.17) is 4.74 Å². The molecule has 0 spiro atoms. The summed E-state index contributed by atoms with van der Waals surface area (Å²) in [5.41, 5.74) is 2.32. The maximum absolute atomic E-state index is 13.4. The smallest absolute Gasteiger partial charge is 0.129 e. The van der Waals surface area contributed by atoms with Gasteiger partial charge < -0.3 is 15.2 Å². The summed E-state index contributed by atoms with van der Waals surface area (Å²) in [6.07, 6.45) is -0.511. The number of methoxy groups -OCH3 is 1. The SMILES string of the molecule is COCC(O)CNCc1cc(C)c(F)c(C)c1. The van der Waals surface area contributed by atoms with E-state index in [1.165, 1.54) is 0 Å². The molecule has 1 aromatic rings. The van der Waals surface area contributed by atoms with Gasteiger partial charge in [-0.05, 0) is 30.5 Å². The fraction of sp³-hybridized carbons (Fsp3) is 0.538. The summed E-state index contributed by atoms with van der Waals surface area (Å²) in [5.74, 6) is -0.145. The number of aliphatic hydroxyl groups is 1. The lowest BCUT2D eigenvalue weighted by atomic mass is 10.1. The predicted octanol–water partition coefficient (Wildman–Crippen LogP) is 1.54. The second-order valence-corrected chi connectivity index (χ2v) is 4.28. The van der Waals surface area contributed by atoms with Crippen molar-refractivity contribution in [1.82, 2.24) is 5.32 Å². The zero-order valence-electron chi connectivity index (χ0n) is 10.6. The lowest BCUT2D eigenvalue weighted by molar-refractivity contribution is 0.0644. The van der Waals surface area contributed by atoms with Gasteiger partial charge in [0.2, 0.25) is 0 Å². The molecule has 96 valence electrons. The van der Waals surface area contributed by atoms with Crippen LogP contribution >= 0.6 is 0 Å². The van der Waals surface area contributed by atoms with Gasteiger partial charge in [-0.2, -0.15) is 0 Å². The summed E-state index contributed by atoms with van der Waals surface area (Å²) in [7, 11) is 1.55. The Morgan fingerprint density at radius 3 is 2.47 bits per heavy atom. The van der Waals surface area contributed by atoms with Gasteiger partial charge in [-0.3, -0.25) is 0 Å². The average molecular weight is 241 g/mol. The van der Waals surface area contributed by atoms with E-state index in [1.807, 2.05) is 12.1 Å². The Balaban J connectivity index is 2.47. The van der Waals surface area contributed by atoms with E-state index in [1.54, 1.807) is 21.0 Å². The molecule has 0 bridgehead atoms. The molecule has 0 aliphatic heterocycles. The van der Waals surface area contributed by atoms with Crippen LogP contribution in [0, 0.1) is 19.7 Å². The molecule has 0 aliphatic rings. The average Bonchev–Trinajstić information content (AvgIpc) is 2.26. The number of aliphatic hydroxyl groups excluding tert-OH is 1. The molecular formula is C13H20FNO2. The van der Waals surface area contributed by atoms with E-state index in [-0.39, 0.29) is 5.82 Å². The molecule has 0 radical (unpaired) electrons. The molecule has 4 heteroatoms. The van der Waals surface area contributed by atoms with E-state index in [2.05, 4.69) is 5.32 Å². The summed E-state index contributed by atoms with van der Waals surface area (Å²) in [4.78, 5) is 0. The third kappa shape index (κ3) is 4.42. The zero-order chi connectivity index (χ0) is 12.8. The third-order valence-electron chi connectivity index (χ3n) is 2.56. The molecule has 0 aliphatic carbocycles. The number of ether oxygens (including phenoxy) is 1. The largest absolute Gasteiger partial charge is 0.389 e. The maximum atomic E-state index is 13.4. The van der Waals surface area contributed by atoms with Gasteiger partial charge in [0.1, 0.15) is 5.82 Å². The van der Waals surface area contributed by atoms with Crippen molar-refractivity contribution in [3.8, 4) is 0 Å². The Bertz CT molecular complexity index is 345. The highest BCUT2D eigenvalue weighted by molar-refractivity contribution is 5.30. The first-order valence-electron chi connectivity index (χ1n) is 5.68. The topological polar surface area (TPSA) is 41.5 Å². The first kappa shape index (κ1) is 14.1. The molecule has 0 saturated heterocycles. The quantitative estimate of drug-likeness (QED) is 0.794. The van der Waals surface area contributed by atoms with Crippen molar-refractivity contribution in [2.75, 3.05) is 20.3 Å². The number of hydrogen-bond donors (Lipinski definition) is 2. The van der Waals surface area contributed by atoms with E-state index in [9.17, 15) is 9.50 Å². The van der Waals surface area contributed by atoms with Gasteiger partial charge in [-0.15, -0.1) is 0 Å². The first-order chi connectivity index (χ1) is 8.04. The zero-order valence-corrected chi connectivity index (χ0v) is 10.6. The highest BCUT2D eigenvalue weighted by atomic mass is 19.1. The number of aryl methyl sites for hydroxylation is 2. The van der Waals surface area contributed by atoms with Crippen LogP contribution in [0.2, 0.25) is 0 Å². The molecule has 0 saturated carbocycles. The lowest BCUT2D eigenvalue weighted by Gasteiger charge is -2.12. The fourth-order valence-corrected chi connectivity index (χ4v) is 1.77. The van der Waals surface area contributed by atoms with Crippen LogP contribution < -0.4 is 5.32 Å². The van der Waals surface area contributed by atoms with Crippen LogP contribution in [0.25, 0.3) is 0 Å². The monoisotopic (exact) mass is 241 g/mol. The van der Waals surface area contributed by atoms with Gasteiger partial charge >= 0.3 is 0 Å². The second-order valence-electron chi connectivity index (χ2n) is 4.28. The Hall–Kier alpha value is -0.970. The molecule has 0 fully saturated rings. The minimum absolute atomic E-state index is 0.145. The Morgan fingerprint density at radius 1 is 1.35 bits per heavy atom. The fourth-order valence-electron chi connectivity index (χ4n) is 1.77. The molecule has 1 atom stereocenters. The maximum Gasteiger partial charge on any atom is 0.129 e. The Kier molecular flexibility index (Phi) is 5.55. The van der Waals surface area contributed by atoms with E-state index in [0.29, 0.717) is 30.8 Å². The first-order valence-corrected chi connectivity index (χ1v) is 5.68. The van der Waals surface area contributed by atoms with Crippen LogP contribution in [0.15, 0.2) is 12.1 Å². The van der Waals surface area contributed by atoms with Gasteiger partial charge in [0.05, 0.1) is 12.7 Å². The van der Waals surface area contributed by atoms with Gasteiger partial charge in [0.15, 0.2) is 0 Å². The number of hydrogen-bond acceptors (Lipinski definition) is 3. The Labute approximate surface area is 102 Å². The van der Waals surface area contributed by atoms with E-state index in [0.717, 1.165) is 5.56 Å². The molecular weight excluding hydrogens is 221 g/mol. The molecule has 2 N–H and O–H groups in total. The summed E-state index contributed by atoms with van der Waals surface area (Å²) in [6.45, 7) is 4.90. The molecule has 1 unspecified atom stereocenters. The van der Waals surface area contributed by atoms with Crippen LogP contribution in [-0.2, 0) is 11.3 Å². The van der Waals surface area contributed by atoms with Crippen molar-refractivity contribution >= 4 is 0 Å². The number of benzene rings is 1. The van der Waals surface area contributed by atoms with Gasteiger partial charge in [-0.1, -0.05) is 12.1 Å². The van der Waals surface area contributed by atoms with Crippen molar-refractivity contribution < 1.29 is 14.2 Å². The van der Waals surface area contributed by atoms with Crippen molar-refractivity contribution in [3.63, 3.8) is 0 Å². The third-order valence-corrected chi connectivity index (χ3v) is 2.56. The van der Waals surface area contributed by atoms with Crippen molar-refractivity contribution in [1.29, 1.82) is 0 Å². The van der Waals surface area contributed by atoms with Gasteiger partial charge in [0.25, 0.3) is 0 Å². The van der Waals surface area contributed by atoms with Crippen molar-refractivity contribution in [2.24, 2.45) is 0 Å². The molecule has 17 heavy (non-hydrogen) atoms. The summed E-state index contributed by atoms with van der Waals surface area (Å²) >= 11 is 0. The van der Waals surface area contributed by atoms with Crippen LogP contribution in [0.5, 0.6) is 0 Å². The lowest BCUT2D eigenvalue weighted by Crippen LogP contribution is -2.29. The van der Waals surface area contributed by atoms with Crippen molar-refractivity contribution in [2.45, 2.75) is 26.5 Å².